The Balaban J connectivity index is 1.47. The van der Waals surface area contributed by atoms with E-state index in [4.69, 9.17) is 5.73 Å². The Labute approximate surface area is 189 Å². The first-order valence-corrected chi connectivity index (χ1v) is 11.4. The lowest BCUT2D eigenvalue weighted by Crippen LogP contribution is -2.29. The number of anilines is 3. The van der Waals surface area contributed by atoms with Crippen molar-refractivity contribution in [3.05, 3.63) is 115 Å². The van der Waals surface area contributed by atoms with Gasteiger partial charge in [0.1, 0.15) is 0 Å². The molecule has 0 bridgehead atoms. The average molecular weight is 415 g/mol. The number of benzene rings is 4. The van der Waals surface area contributed by atoms with Crippen LogP contribution in [0.15, 0.2) is 109 Å². The molecule has 2 atom stereocenters. The maximum Gasteiger partial charge on any atom is 0.0591 e. The smallest absolute Gasteiger partial charge is 0.0591 e. The summed E-state index contributed by atoms with van der Waals surface area (Å²) in [6.07, 6.45) is 7.10. The van der Waals surface area contributed by atoms with Gasteiger partial charge in [0.05, 0.1) is 6.04 Å². The van der Waals surface area contributed by atoms with Gasteiger partial charge in [0.2, 0.25) is 0 Å². The van der Waals surface area contributed by atoms with Crippen LogP contribution in [0.25, 0.3) is 22.3 Å². The molecule has 1 aliphatic carbocycles. The van der Waals surface area contributed by atoms with Gasteiger partial charge in [-0.3, -0.25) is 0 Å². The SMILES string of the molecule is Nc1ccc(-c2ccc3c(c2)N(c2ccccc2)C2C=CCCC32)cc1-c1ccccc1. The van der Waals surface area contributed by atoms with Crippen LogP contribution in [-0.4, -0.2) is 6.04 Å². The normalized spacial score (nSPS) is 18.9. The number of nitrogens with zero attached hydrogens (tertiary/aromatic N) is 1. The molecule has 0 aromatic heterocycles. The van der Waals surface area contributed by atoms with E-state index in [1.165, 1.54) is 34.5 Å². The fourth-order valence-electron chi connectivity index (χ4n) is 5.33. The van der Waals surface area contributed by atoms with Crippen LogP contribution < -0.4 is 10.6 Å². The molecule has 0 amide bonds. The van der Waals surface area contributed by atoms with Gasteiger partial charge in [-0.05, 0) is 65.4 Å². The highest BCUT2D eigenvalue weighted by Crippen LogP contribution is 2.50. The number of para-hydroxylation sites is 1. The summed E-state index contributed by atoms with van der Waals surface area (Å²) in [7, 11) is 0. The number of fused-ring (bicyclic) bond motifs is 3. The first-order chi connectivity index (χ1) is 15.8. The third-order valence-electron chi connectivity index (χ3n) is 6.88. The predicted molar refractivity (Wildman–Crippen MR) is 135 cm³/mol. The third-order valence-corrected chi connectivity index (χ3v) is 6.88. The Kier molecular flexibility index (Phi) is 4.57. The average Bonchev–Trinajstić information content (AvgIpc) is 3.19. The number of nitrogens with two attached hydrogens (primary N) is 1. The maximum atomic E-state index is 6.35. The van der Waals surface area contributed by atoms with Crippen LogP contribution in [0.2, 0.25) is 0 Å². The molecule has 4 aromatic rings. The van der Waals surface area contributed by atoms with Gasteiger partial charge in [-0.2, -0.15) is 0 Å². The van der Waals surface area contributed by atoms with Crippen molar-refractivity contribution in [2.45, 2.75) is 24.8 Å². The van der Waals surface area contributed by atoms with Gasteiger partial charge >= 0.3 is 0 Å². The zero-order valence-electron chi connectivity index (χ0n) is 18.0. The van der Waals surface area contributed by atoms with Crippen LogP contribution >= 0.6 is 0 Å². The zero-order chi connectivity index (χ0) is 21.5. The number of hydrogen-bond acceptors (Lipinski definition) is 2. The molecule has 1 aliphatic heterocycles. The Bertz CT molecular complexity index is 1290. The van der Waals surface area contributed by atoms with Crippen molar-refractivity contribution in [2.24, 2.45) is 0 Å². The monoisotopic (exact) mass is 414 g/mol. The van der Waals surface area contributed by atoms with E-state index in [1.807, 2.05) is 12.1 Å². The molecule has 0 spiro atoms. The molecule has 32 heavy (non-hydrogen) atoms. The van der Waals surface area contributed by atoms with Gasteiger partial charge in [0.15, 0.2) is 0 Å². The molecule has 156 valence electrons. The second-order valence-corrected chi connectivity index (χ2v) is 8.75. The lowest BCUT2D eigenvalue weighted by Gasteiger charge is -2.30. The predicted octanol–water partition coefficient (Wildman–Crippen LogP) is 7.56. The topological polar surface area (TPSA) is 29.3 Å². The minimum absolute atomic E-state index is 0.391. The zero-order valence-corrected chi connectivity index (χ0v) is 18.0. The summed E-state index contributed by atoms with van der Waals surface area (Å²) < 4.78 is 0. The molecule has 2 aliphatic rings. The lowest BCUT2D eigenvalue weighted by molar-refractivity contribution is 0.573. The van der Waals surface area contributed by atoms with Crippen molar-refractivity contribution in [1.29, 1.82) is 0 Å². The van der Waals surface area contributed by atoms with Crippen LogP contribution in [0, 0.1) is 0 Å². The van der Waals surface area contributed by atoms with E-state index in [-0.39, 0.29) is 0 Å². The molecule has 0 saturated heterocycles. The van der Waals surface area contributed by atoms with E-state index in [2.05, 4.69) is 102 Å². The molecule has 1 heterocycles. The van der Waals surface area contributed by atoms with Gasteiger partial charge in [-0.15, -0.1) is 0 Å². The van der Waals surface area contributed by atoms with Crippen LogP contribution in [0.3, 0.4) is 0 Å². The highest BCUT2D eigenvalue weighted by molar-refractivity contribution is 5.84. The highest BCUT2D eigenvalue weighted by atomic mass is 15.2. The van der Waals surface area contributed by atoms with Gasteiger partial charge in [0, 0.05) is 28.5 Å². The van der Waals surface area contributed by atoms with Crippen molar-refractivity contribution in [3.8, 4) is 22.3 Å². The first-order valence-electron chi connectivity index (χ1n) is 11.4. The Morgan fingerprint density at radius 1 is 0.719 bits per heavy atom. The number of hydrogen-bond donors (Lipinski definition) is 1. The molecular weight excluding hydrogens is 388 g/mol. The summed E-state index contributed by atoms with van der Waals surface area (Å²) in [5.41, 5.74) is 15.9. The Morgan fingerprint density at radius 2 is 1.44 bits per heavy atom. The molecule has 2 N–H and O–H groups in total. The molecule has 0 saturated carbocycles. The fraction of sp³-hybridized carbons (Fsp3) is 0.133. The molecule has 2 heteroatoms. The minimum Gasteiger partial charge on any atom is -0.398 e. The minimum atomic E-state index is 0.391. The fourth-order valence-corrected chi connectivity index (χ4v) is 5.33. The lowest BCUT2D eigenvalue weighted by atomic mass is 9.86. The Hall–Kier alpha value is -3.78. The van der Waals surface area contributed by atoms with Crippen LogP contribution in [0.5, 0.6) is 0 Å². The summed E-state index contributed by atoms with van der Waals surface area (Å²) in [6.45, 7) is 0. The molecule has 6 rings (SSSR count). The third kappa shape index (κ3) is 3.11. The van der Waals surface area contributed by atoms with Crippen LogP contribution in [0.4, 0.5) is 17.1 Å². The van der Waals surface area contributed by atoms with Crippen LogP contribution in [0.1, 0.15) is 24.3 Å². The summed E-state index contributed by atoms with van der Waals surface area (Å²) in [5, 5.41) is 0. The van der Waals surface area contributed by atoms with Crippen LogP contribution in [-0.2, 0) is 0 Å². The van der Waals surface area contributed by atoms with E-state index < -0.39 is 0 Å². The summed E-state index contributed by atoms with van der Waals surface area (Å²) in [5.74, 6) is 0.551. The molecular formula is C30H26N2. The van der Waals surface area contributed by atoms with Crippen molar-refractivity contribution in [3.63, 3.8) is 0 Å². The van der Waals surface area contributed by atoms with Gasteiger partial charge in [0.25, 0.3) is 0 Å². The quantitative estimate of drug-likeness (QED) is 0.277. The molecule has 2 unspecified atom stereocenters. The summed E-state index contributed by atoms with van der Waals surface area (Å²) >= 11 is 0. The summed E-state index contributed by atoms with van der Waals surface area (Å²) in [4.78, 5) is 2.52. The number of allylic oxidation sites excluding steroid dienone is 1. The van der Waals surface area contributed by atoms with Crippen molar-refractivity contribution < 1.29 is 0 Å². The van der Waals surface area contributed by atoms with E-state index in [1.54, 1.807) is 0 Å². The standard InChI is InChI=1S/C30H26N2/c31-28-18-16-22(19-27(28)21-9-3-1-4-10-21)23-15-17-26-25-13-7-8-14-29(25)32(30(26)20-23)24-11-5-2-6-12-24/h1-6,8-12,14-20,25,29H,7,13,31H2. The Morgan fingerprint density at radius 3 is 2.25 bits per heavy atom. The summed E-state index contributed by atoms with van der Waals surface area (Å²) in [6, 6.07) is 35.0. The maximum absolute atomic E-state index is 6.35. The van der Waals surface area contributed by atoms with Gasteiger partial charge in [-0.1, -0.05) is 78.9 Å². The van der Waals surface area contributed by atoms with Gasteiger partial charge in [-0.25, -0.2) is 0 Å². The second kappa shape index (κ2) is 7.72. The largest absolute Gasteiger partial charge is 0.398 e. The van der Waals surface area contributed by atoms with Crippen molar-refractivity contribution in [1.82, 2.24) is 0 Å². The number of nitrogen functional groups attached to an aromatic ring is 1. The van der Waals surface area contributed by atoms with Gasteiger partial charge < -0.3 is 10.6 Å². The van der Waals surface area contributed by atoms with Crippen molar-refractivity contribution in [2.75, 3.05) is 10.6 Å². The van der Waals surface area contributed by atoms with E-state index in [0.717, 1.165) is 23.2 Å². The highest BCUT2D eigenvalue weighted by Gasteiger charge is 2.38. The number of rotatable bonds is 3. The first kappa shape index (κ1) is 18.9. The van der Waals surface area contributed by atoms with E-state index >= 15 is 0 Å². The van der Waals surface area contributed by atoms with E-state index in [9.17, 15) is 0 Å². The van der Waals surface area contributed by atoms with Crippen molar-refractivity contribution >= 4 is 17.1 Å². The molecule has 0 radical (unpaired) electrons. The molecule has 0 fully saturated rings. The second-order valence-electron chi connectivity index (χ2n) is 8.75. The van der Waals surface area contributed by atoms with E-state index in [0.29, 0.717) is 12.0 Å². The molecule has 2 nitrogen and oxygen atoms in total. The molecule has 4 aromatic carbocycles.